The monoisotopic (exact) mass is 329 g/mol. The van der Waals surface area contributed by atoms with Crippen LogP contribution >= 0.6 is 15.9 Å². The molecule has 0 fully saturated rings. The van der Waals surface area contributed by atoms with Gasteiger partial charge in [0.25, 0.3) is 0 Å². The molecule has 0 aliphatic heterocycles. The van der Waals surface area contributed by atoms with E-state index in [-0.39, 0.29) is 0 Å². The van der Waals surface area contributed by atoms with Crippen LogP contribution in [0.5, 0.6) is 0 Å². The number of hydrogen-bond acceptors (Lipinski definition) is 3. The Labute approximate surface area is 124 Å². The molecule has 5 heteroatoms. The second-order valence-corrected chi connectivity index (χ2v) is 5.29. The Morgan fingerprint density at radius 3 is 2.85 bits per heavy atom. The van der Waals surface area contributed by atoms with Crippen LogP contribution in [0.1, 0.15) is 18.9 Å². The van der Waals surface area contributed by atoms with Gasteiger partial charge in [0.1, 0.15) is 0 Å². The van der Waals surface area contributed by atoms with Gasteiger partial charge in [-0.25, -0.2) is 4.98 Å². The number of fused-ring (bicyclic) bond motifs is 1. The number of nitriles is 1. The maximum atomic E-state index is 8.99. The first kappa shape index (κ1) is 12.9. The van der Waals surface area contributed by atoms with E-state index in [0.29, 0.717) is 10.2 Å². The van der Waals surface area contributed by atoms with Gasteiger partial charge in [-0.15, -0.1) is 0 Å². The van der Waals surface area contributed by atoms with Gasteiger partial charge in [-0.3, -0.25) is 0 Å². The second kappa shape index (κ2) is 5.14. The third-order valence-corrected chi connectivity index (χ3v) is 3.54. The van der Waals surface area contributed by atoms with E-state index in [4.69, 9.17) is 9.68 Å². The fourth-order valence-corrected chi connectivity index (χ4v) is 2.58. The predicted molar refractivity (Wildman–Crippen MR) is 80.1 cm³/mol. The summed E-state index contributed by atoms with van der Waals surface area (Å²) in [6.45, 7) is 2.98. The Hall–Kier alpha value is -2.06. The van der Waals surface area contributed by atoms with Gasteiger partial charge in [-0.1, -0.05) is 6.92 Å². The minimum absolute atomic E-state index is 0.617. The molecule has 1 aromatic carbocycles. The lowest BCUT2D eigenvalue weighted by atomic mass is 10.2. The second-order valence-electron chi connectivity index (χ2n) is 4.51. The summed E-state index contributed by atoms with van der Waals surface area (Å²) in [7, 11) is 0. The summed E-state index contributed by atoms with van der Waals surface area (Å²) in [5.41, 5.74) is 2.46. The highest BCUT2D eigenvalue weighted by Gasteiger charge is 2.15. The van der Waals surface area contributed by atoms with E-state index in [1.54, 1.807) is 0 Å². The summed E-state index contributed by atoms with van der Waals surface area (Å²) in [5, 5.41) is 8.99. The zero-order chi connectivity index (χ0) is 14.1. The van der Waals surface area contributed by atoms with E-state index in [1.165, 1.54) is 0 Å². The van der Waals surface area contributed by atoms with Crippen molar-refractivity contribution in [3.8, 4) is 17.7 Å². The number of hydrogen-bond donors (Lipinski definition) is 0. The number of imidazole rings is 1. The number of aromatic nitrogens is 2. The first-order chi connectivity index (χ1) is 9.72. The third-order valence-electron chi connectivity index (χ3n) is 3.12. The van der Waals surface area contributed by atoms with Gasteiger partial charge < -0.3 is 8.98 Å². The maximum absolute atomic E-state index is 8.99. The van der Waals surface area contributed by atoms with Crippen LogP contribution in [0.4, 0.5) is 0 Å². The number of aryl methyl sites for hydroxylation is 1. The number of rotatable bonds is 3. The molecule has 4 nitrogen and oxygen atoms in total. The molecule has 20 heavy (non-hydrogen) atoms. The van der Waals surface area contributed by atoms with E-state index in [0.717, 1.165) is 35.6 Å². The summed E-state index contributed by atoms with van der Waals surface area (Å²) < 4.78 is 8.42. The molecule has 0 unspecified atom stereocenters. The molecule has 0 radical (unpaired) electrons. The molecule has 0 bridgehead atoms. The average molecular weight is 330 g/mol. The van der Waals surface area contributed by atoms with Gasteiger partial charge in [-0.2, -0.15) is 5.26 Å². The first-order valence-corrected chi connectivity index (χ1v) is 7.18. The van der Waals surface area contributed by atoms with E-state index >= 15 is 0 Å². The van der Waals surface area contributed by atoms with Crippen molar-refractivity contribution in [2.24, 2.45) is 0 Å². The molecular weight excluding hydrogens is 318 g/mol. The highest BCUT2D eigenvalue weighted by Crippen LogP contribution is 2.28. The highest BCUT2D eigenvalue weighted by atomic mass is 79.9. The van der Waals surface area contributed by atoms with Crippen molar-refractivity contribution >= 4 is 27.0 Å². The molecule has 0 atom stereocenters. The normalized spacial score (nSPS) is 10.8. The summed E-state index contributed by atoms with van der Waals surface area (Å²) in [6.07, 6.45) is 1.00. The number of nitrogens with zero attached hydrogens (tertiary/aromatic N) is 3. The van der Waals surface area contributed by atoms with E-state index in [9.17, 15) is 0 Å². The molecule has 0 amide bonds. The van der Waals surface area contributed by atoms with Gasteiger partial charge >= 0.3 is 0 Å². The zero-order valence-electron chi connectivity index (χ0n) is 10.9. The summed E-state index contributed by atoms with van der Waals surface area (Å²) in [6, 6.07) is 11.5. The van der Waals surface area contributed by atoms with Gasteiger partial charge in [0.05, 0.1) is 22.7 Å². The Balaban J connectivity index is 2.25. The van der Waals surface area contributed by atoms with Crippen LogP contribution in [0.2, 0.25) is 0 Å². The Morgan fingerprint density at radius 2 is 2.20 bits per heavy atom. The van der Waals surface area contributed by atoms with Crippen LogP contribution in [-0.4, -0.2) is 9.55 Å². The molecule has 100 valence electrons. The van der Waals surface area contributed by atoms with Crippen molar-refractivity contribution < 1.29 is 4.42 Å². The van der Waals surface area contributed by atoms with Crippen LogP contribution in [0.15, 0.2) is 39.4 Å². The summed E-state index contributed by atoms with van der Waals surface area (Å²) in [4.78, 5) is 4.62. The number of benzene rings is 1. The lowest BCUT2D eigenvalue weighted by Gasteiger charge is -2.05. The van der Waals surface area contributed by atoms with Crippen molar-refractivity contribution in [3.05, 3.63) is 40.6 Å². The van der Waals surface area contributed by atoms with Gasteiger partial charge in [0, 0.05) is 6.54 Å². The van der Waals surface area contributed by atoms with Crippen molar-refractivity contribution in [3.63, 3.8) is 0 Å². The van der Waals surface area contributed by atoms with Crippen molar-refractivity contribution in [1.29, 1.82) is 5.26 Å². The fraction of sp³-hybridized carbons (Fsp3) is 0.200. The Morgan fingerprint density at radius 1 is 1.35 bits per heavy atom. The molecule has 0 saturated heterocycles. The summed E-state index contributed by atoms with van der Waals surface area (Å²) in [5.74, 6) is 1.52. The third kappa shape index (κ3) is 2.12. The number of halogens is 1. The lowest BCUT2D eigenvalue weighted by molar-refractivity contribution is 0.544. The smallest absolute Gasteiger partial charge is 0.177 e. The minimum atomic E-state index is 0.617. The van der Waals surface area contributed by atoms with Crippen molar-refractivity contribution in [1.82, 2.24) is 9.55 Å². The molecule has 3 rings (SSSR count). The van der Waals surface area contributed by atoms with Crippen molar-refractivity contribution in [2.75, 3.05) is 0 Å². The first-order valence-electron chi connectivity index (χ1n) is 6.39. The molecule has 0 aliphatic carbocycles. The Kier molecular flexibility index (Phi) is 3.33. The quantitative estimate of drug-likeness (QED) is 0.718. The Bertz CT molecular complexity index is 810. The predicted octanol–water partition coefficient (Wildman–Crippen LogP) is 4.34. The van der Waals surface area contributed by atoms with Crippen LogP contribution in [0, 0.1) is 11.3 Å². The lowest BCUT2D eigenvalue weighted by Crippen LogP contribution is -1.99. The topological polar surface area (TPSA) is 54.8 Å². The van der Waals surface area contributed by atoms with Crippen LogP contribution in [-0.2, 0) is 6.54 Å². The van der Waals surface area contributed by atoms with Crippen LogP contribution in [0.3, 0.4) is 0 Å². The van der Waals surface area contributed by atoms with Gasteiger partial charge in [0.2, 0.25) is 0 Å². The largest absolute Gasteiger partial charge is 0.446 e. The fourth-order valence-electron chi connectivity index (χ4n) is 2.27. The van der Waals surface area contributed by atoms with Gasteiger partial charge in [0.15, 0.2) is 16.3 Å². The minimum Gasteiger partial charge on any atom is -0.446 e. The molecule has 0 N–H and O–H groups in total. The number of furan rings is 1. The average Bonchev–Trinajstić information content (AvgIpc) is 3.03. The highest BCUT2D eigenvalue weighted by molar-refractivity contribution is 9.10. The molecule has 0 aliphatic rings. The van der Waals surface area contributed by atoms with Crippen molar-refractivity contribution in [2.45, 2.75) is 19.9 Å². The zero-order valence-corrected chi connectivity index (χ0v) is 12.5. The van der Waals surface area contributed by atoms with E-state index < -0.39 is 0 Å². The molecule has 2 heterocycles. The SMILES string of the molecule is CCCn1c(-c2ccc(Br)o2)nc2cc(C#N)ccc21. The summed E-state index contributed by atoms with van der Waals surface area (Å²) >= 11 is 3.31. The maximum Gasteiger partial charge on any atom is 0.177 e. The van der Waals surface area contributed by atoms with Gasteiger partial charge in [-0.05, 0) is 52.7 Å². The molecule has 0 saturated carbocycles. The molecule has 2 aromatic heterocycles. The molecule has 3 aromatic rings. The standard InChI is InChI=1S/C15H12BrN3O/c1-2-7-19-12-4-3-10(9-17)8-11(12)18-15(19)13-5-6-14(16)20-13/h3-6,8H,2,7H2,1H3. The molecular formula is C15H12BrN3O. The van der Waals surface area contributed by atoms with Crippen LogP contribution < -0.4 is 0 Å². The van der Waals surface area contributed by atoms with E-state index in [2.05, 4.69) is 38.5 Å². The molecule has 0 spiro atoms. The van der Waals surface area contributed by atoms with Crippen LogP contribution in [0.25, 0.3) is 22.6 Å². The van der Waals surface area contributed by atoms with E-state index in [1.807, 2.05) is 30.3 Å².